The van der Waals surface area contributed by atoms with Crippen LogP contribution in [0, 0.1) is 0 Å². The summed E-state index contributed by atoms with van der Waals surface area (Å²) in [4.78, 5) is 19.0. The second-order valence-corrected chi connectivity index (χ2v) is 12.3. The second kappa shape index (κ2) is 11.7. The molecule has 1 fully saturated rings. The van der Waals surface area contributed by atoms with Crippen molar-refractivity contribution >= 4 is 40.9 Å². The molecule has 1 aromatic carbocycles. The minimum Gasteiger partial charge on any atom is -0.447 e. The third-order valence-electron chi connectivity index (χ3n) is 5.68. The maximum atomic E-state index is 11.9. The SMILES string of the molecule is CC(C)OC(=O)N[C@H]1CC[C@H](c2ncc(-c3ccc(Nc4ccno4)cc3SNC(C)(C)C)s2)CC1. The molecule has 0 spiro atoms. The van der Waals surface area contributed by atoms with Gasteiger partial charge in [-0.15, -0.1) is 11.3 Å². The number of ether oxygens (including phenoxy) is 1. The summed E-state index contributed by atoms with van der Waals surface area (Å²) in [5.41, 5.74) is 2.04. The monoisotopic (exact) mass is 529 g/mol. The number of alkyl carbamates (subject to hydrolysis) is 1. The molecular formula is C26H35N5O3S2. The highest BCUT2D eigenvalue weighted by molar-refractivity contribution is 7.97. The molecule has 0 atom stereocenters. The number of hydrogen-bond donors (Lipinski definition) is 3. The van der Waals surface area contributed by atoms with Crippen molar-refractivity contribution in [3.8, 4) is 10.4 Å². The molecule has 0 unspecified atom stereocenters. The highest BCUT2D eigenvalue weighted by Gasteiger charge is 2.26. The average Bonchev–Trinajstić information content (AvgIpc) is 3.50. The summed E-state index contributed by atoms with van der Waals surface area (Å²) < 4.78 is 14.0. The Morgan fingerprint density at radius 1 is 1.19 bits per heavy atom. The molecule has 1 saturated carbocycles. The van der Waals surface area contributed by atoms with Crippen LogP contribution in [0.25, 0.3) is 10.4 Å². The lowest BCUT2D eigenvalue weighted by atomic mass is 9.86. The van der Waals surface area contributed by atoms with Gasteiger partial charge in [-0.25, -0.2) is 9.78 Å². The van der Waals surface area contributed by atoms with Gasteiger partial charge in [0.15, 0.2) is 0 Å². The van der Waals surface area contributed by atoms with Crippen molar-refractivity contribution in [3.05, 3.63) is 41.7 Å². The number of hydrogen-bond acceptors (Lipinski definition) is 9. The Labute approximate surface area is 221 Å². The van der Waals surface area contributed by atoms with Crippen LogP contribution in [0.3, 0.4) is 0 Å². The van der Waals surface area contributed by atoms with Gasteiger partial charge in [-0.3, -0.25) is 4.72 Å². The maximum Gasteiger partial charge on any atom is 0.407 e. The van der Waals surface area contributed by atoms with Gasteiger partial charge >= 0.3 is 6.09 Å². The van der Waals surface area contributed by atoms with Gasteiger partial charge in [-0.2, -0.15) is 0 Å². The van der Waals surface area contributed by atoms with E-state index in [9.17, 15) is 4.79 Å². The fourth-order valence-electron chi connectivity index (χ4n) is 4.02. The van der Waals surface area contributed by atoms with Gasteiger partial charge in [0.25, 0.3) is 0 Å². The molecule has 0 saturated heterocycles. The van der Waals surface area contributed by atoms with E-state index in [1.807, 2.05) is 26.1 Å². The minimum absolute atomic E-state index is 0.0383. The van der Waals surface area contributed by atoms with Gasteiger partial charge in [0.05, 0.1) is 22.2 Å². The Hall–Kier alpha value is -2.56. The number of anilines is 2. The largest absolute Gasteiger partial charge is 0.447 e. The zero-order valence-corrected chi connectivity index (χ0v) is 23.1. The summed E-state index contributed by atoms with van der Waals surface area (Å²) in [7, 11) is 0. The smallest absolute Gasteiger partial charge is 0.407 e. The predicted molar refractivity (Wildman–Crippen MR) is 146 cm³/mol. The van der Waals surface area contributed by atoms with Crippen LogP contribution in [0.4, 0.5) is 16.4 Å². The van der Waals surface area contributed by atoms with E-state index in [1.54, 1.807) is 35.5 Å². The van der Waals surface area contributed by atoms with Crippen LogP contribution in [-0.4, -0.2) is 33.9 Å². The summed E-state index contributed by atoms with van der Waals surface area (Å²) in [6, 6.07) is 8.26. The molecule has 3 aromatic rings. The van der Waals surface area contributed by atoms with E-state index >= 15 is 0 Å². The quantitative estimate of drug-likeness (QED) is 0.266. The lowest BCUT2D eigenvalue weighted by Gasteiger charge is -2.28. The van der Waals surface area contributed by atoms with Crippen LogP contribution in [0.1, 0.15) is 71.2 Å². The number of nitrogens with zero attached hydrogens (tertiary/aromatic N) is 2. The van der Waals surface area contributed by atoms with Crippen molar-refractivity contribution in [3.63, 3.8) is 0 Å². The zero-order valence-electron chi connectivity index (χ0n) is 21.5. The van der Waals surface area contributed by atoms with Crippen LogP contribution in [0.5, 0.6) is 0 Å². The van der Waals surface area contributed by atoms with E-state index in [2.05, 4.69) is 53.4 Å². The first-order valence-electron chi connectivity index (χ1n) is 12.4. The second-order valence-electron chi connectivity index (χ2n) is 10.4. The number of nitrogens with one attached hydrogen (secondary N) is 3. The molecular weight excluding hydrogens is 494 g/mol. The summed E-state index contributed by atoms with van der Waals surface area (Å²) >= 11 is 3.38. The Balaban J connectivity index is 1.45. The van der Waals surface area contributed by atoms with Gasteiger partial charge in [0, 0.05) is 45.9 Å². The van der Waals surface area contributed by atoms with Gasteiger partial charge in [0.1, 0.15) is 0 Å². The maximum absolute atomic E-state index is 11.9. The third kappa shape index (κ3) is 7.47. The molecule has 2 heterocycles. The van der Waals surface area contributed by atoms with Crippen molar-refractivity contribution in [1.82, 2.24) is 20.2 Å². The van der Waals surface area contributed by atoms with Crippen LogP contribution < -0.4 is 15.4 Å². The molecule has 1 amide bonds. The van der Waals surface area contributed by atoms with Crippen molar-refractivity contribution in [2.45, 2.75) is 88.8 Å². The highest BCUT2D eigenvalue weighted by atomic mass is 32.2. The molecule has 2 aromatic heterocycles. The molecule has 0 radical (unpaired) electrons. The number of carbonyl (C=O) groups is 1. The van der Waals surface area contributed by atoms with E-state index in [0.29, 0.717) is 11.8 Å². The Morgan fingerprint density at radius 2 is 1.97 bits per heavy atom. The van der Waals surface area contributed by atoms with Gasteiger partial charge in [-0.1, -0.05) is 11.2 Å². The molecule has 0 aliphatic heterocycles. The fraction of sp³-hybridized carbons (Fsp3) is 0.500. The molecule has 0 bridgehead atoms. The van der Waals surface area contributed by atoms with Crippen LogP contribution in [0.2, 0.25) is 0 Å². The van der Waals surface area contributed by atoms with Crippen LogP contribution in [-0.2, 0) is 4.74 Å². The van der Waals surface area contributed by atoms with Gasteiger partial charge in [0.2, 0.25) is 5.88 Å². The average molecular weight is 530 g/mol. The third-order valence-corrected chi connectivity index (χ3v) is 8.15. The van der Waals surface area contributed by atoms with Crippen LogP contribution in [0.15, 0.2) is 46.1 Å². The number of aromatic nitrogens is 2. The molecule has 1 aliphatic rings. The van der Waals surface area contributed by atoms with E-state index in [1.165, 1.54) is 0 Å². The van der Waals surface area contributed by atoms with E-state index < -0.39 is 0 Å². The summed E-state index contributed by atoms with van der Waals surface area (Å²) in [6.07, 6.45) is 7.07. The highest BCUT2D eigenvalue weighted by Crippen LogP contribution is 2.41. The summed E-state index contributed by atoms with van der Waals surface area (Å²) in [6.45, 7) is 10.2. The number of benzene rings is 1. The van der Waals surface area contributed by atoms with Crippen molar-refractivity contribution in [2.75, 3.05) is 5.32 Å². The molecule has 8 nitrogen and oxygen atoms in total. The van der Waals surface area contributed by atoms with E-state index in [4.69, 9.17) is 14.2 Å². The van der Waals surface area contributed by atoms with E-state index in [-0.39, 0.29) is 23.8 Å². The lowest BCUT2D eigenvalue weighted by molar-refractivity contribution is 0.109. The first-order chi connectivity index (χ1) is 17.2. The fourth-order valence-corrected chi connectivity index (χ4v) is 6.10. The summed E-state index contributed by atoms with van der Waals surface area (Å²) in [5.74, 6) is 1.02. The van der Waals surface area contributed by atoms with Crippen molar-refractivity contribution < 1.29 is 14.1 Å². The van der Waals surface area contributed by atoms with Crippen molar-refractivity contribution in [2.24, 2.45) is 0 Å². The topological polar surface area (TPSA) is 101 Å². The minimum atomic E-state index is -0.319. The molecule has 36 heavy (non-hydrogen) atoms. The molecule has 10 heteroatoms. The number of amides is 1. The Kier molecular flexibility index (Phi) is 8.58. The Morgan fingerprint density at radius 3 is 2.64 bits per heavy atom. The number of thiazole rings is 1. The lowest BCUT2D eigenvalue weighted by Crippen LogP contribution is -2.38. The number of rotatable bonds is 8. The molecule has 1 aliphatic carbocycles. The Bertz CT molecular complexity index is 1130. The molecule has 4 rings (SSSR count). The van der Waals surface area contributed by atoms with Gasteiger partial charge < -0.3 is 19.9 Å². The first kappa shape index (κ1) is 26.5. The standard InChI is InChI=1S/C26H35N5O3S2/c1-16(2)33-25(32)30-18-8-6-17(7-9-18)24-27-15-22(35-24)20-11-10-19(29-23-12-13-28-34-23)14-21(20)36-31-26(3,4)5/h10-18,29,31H,6-9H2,1-5H3,(H,30,32)/t17-,18-. The van der Waals surface area contributed by atoms with Crippen LogP contribution >= 0.6 is 23.3 Å². The predicted octanol–water partition coefficient (Wildman–Crippen LogP) is 7.10. The normalized spacial score (nSPS) is 18.3. The molecule has 194 valence electrons. The molecule has 3 N–H and O–H groups in total. The van der Waals surface area contributed by atoms with Crippen molar-refractivity contribution in [1.29, 1.82) is 0 Å². The van der Waals surface area contributed by atoms with E-state index in [0.717, 1.165) is 51.7 Å². The first-order valence-corrected chi connectivity index (χ1v) is 14.0. The number of carbonyl (C=O) groups excluding carboxylic acids is 1. The zero-order chi connectivity index (χ0) is 25.7. The summed E-state index contributed by atoms with van der Waals surface area (Å²) in [5, 5.41) is 11.2. The van der Waals surface area contributed by atoms with Gasteiger partial charge in [-0.05, 0) is 84.4 Å².